The molecule has 5 rings (SSSR count). The summed E-state index contributed by atoms with van der Waals surface area (Å²) in [5.41, 5.74) is 0.308. The van der Waals surface area contributed by atoms with Crippen molar-refractivity contribution in [3.8, 4) is 0 Å². The van der Waals surface area contributed by atoms with Crippen LogP contribution in [-0.4, -0.2) is 54.6 Å². The zero-order chi connectivity index (χ0) is 18.1. The van der Waals surface area contributed by atoms with Crippen molar-refractivity contribution in [2.45, 2.75) is 64.7 Å². The van der Waals surface area contributed by atoms with Crippen molar-refractivity contribution in [3.63, 3.8) is 0 Å². The van der Waals surface area contributed by atoms with Gasteiger partial charge in [0, 0.05) is 32.6 Å². The SMILES string of the molecule is CCCCOC(=O)N1CCN(C(=O)CC23CC4CC(CC(C4)C2)C3)CC1. The summed E-state index contributed by atoms with van der Waals surface area (Å²) in [7, 11) is 0. The van der Waals surface area contributed by atoms with Crippen LogP contribution in [0.5, 0.6) is 0 Å². The van der Waals surface area contributed by atoms with Crippen LogP contribution in [0.2, 0.25) is 0 Å². The van der Waals surface area contributed by atoms with Gasteiger partial charge in [0.1, 0.15) is 0 Å². The Balaban J connectivity index is 1.26. The van der Waals surface area contributed by atoms with Crippen molar-refractivity contribution in [3.05, 3.63) is 0 Å². The Bertz CT molecular complexity index is 504. The zero-order valence-corrected chi connectivity index (χ0v) is 16.3. The third-order valence-corrected chi connectivity index (χ3v) is 7.31. The molecule has 0 N–H and O–H groups in total. The zero-order valence-electron chi connectivity index (χ0n) is 16.3. The maximum atomic E-state index is 13.0. The molecule has 5 nitrogen and oxygen atoms in total. The van der Waals surface area contributed by atoms with Crippen LogP contribution in [0.25, 0.3) is 0 Å². The van der Waals surface area contributed by atoms with Crippen molar-refractivity contribution in [2.24, 2.45) is 23.2 Å². The highest BCUT2D eigenvalue weighted by Crippen LogP contribution is 2.61. The summed E-state index contributed by atoms with van der Waals surface area (Å²) >= 11 is 0. The summed E-state index contributed by atoms with van der Waals surface area (Å²) in [5, 5.41) is 0. The summed E-state index contributed by atoms with van der Waals surface area (Å²) in [4.78, 5) is 28.8. The van der Waals surface area contributed by atoms with Crippen molar-refractivity contribution in [2.75, 3.05) is 32.8 Å². The van der Waals surface area contributed by atoms with Gasteiger partial charge in [-0.15, -0.1) is 0 Å². The minimum absolute atomic E-state index is 0.216. The van der Waals surface area contributed by atoms with Crippen molar-refractivity contribution in [1.82, 2.24) is 9.80 Å². The first-order chi connectivity index (χ1) is 12.6. The van der Waals surface area contributed by atoms with E-state index in [1.807, 2.05) is 4.90 Å². The molecule has 5 fully saturated rings. The van der Waals surface area contributed by atoms with Crippen molar-refractivity contribution in [1.29, 1.82) is 0 Å². The van der Waals surface area contributed by atoms with Gasteiger partial charge in [-0.3, -0.25) is 4.79 Å². The van der Waals surface area contributed by atoms with E-state index in [2.05, 4.69) is 6.92 Å². The van der Waals surface area contributed by atoms with E-state index in [0.29, 0.717) is 44.1 Å². The fourth-order valence-electron chi connectivity index (χ4n) is 6.47. The van der Waals surface area contributed by atoms with E-state index in [1.54, 1.807) is 4.90 Å². The number of carbonyl (C=O) groups is 2. The molecule has 0 spiro atoms. The lowest BCUT2D eigenvalue weighted by Crippen LogP contribution is -2.53. The maximum absolute atomic E-state index is 13.0. The average Bonchev–Trinajstić information content (AvgIpc) is 2.60. The van der Waals surface area contributed by atoms with E-state index >= 15 is 0 Å². The summed E-state index contributed by atoms with van der Waals surface area (Å²) in [6.45, 7) is 5.12. The maximum Gasteiger partial charge on any atom is 0.409 e. The van der Waals surface area contributed by atoms with Crippen molar-refractivity contribution >= 4 is 12.0 Å². The van der Waals surface area contributed by atoms with Gasteiger partial charge in [0.2, 0.25) is 5.91 Å². The molecule has 4 bridgehead atoms. The first-order valence-corrected chi connectivity index (χ1v) is 10.8. The van der Waals surface area contributed by atoms with Crippen LogP contribution < -0.4 is 0 Å². The van der Waals surface area contributed by atoms with Gasteiger partial charge in [0.15, 0.2) is 0 Å². The van der Waals surface area contributed by atoms with Crippen LogP contribution in [0.4, 0.5) is 4.79 Å². The molecule has 0 atom stereocenters. The average molecular weight is 363 g/mol. The Labute approximate surface area is 157 Å². The summed E-state index contributed by atoms with van der Waals surface area (Å²) in [6, 6.07) is 0. The molecule has 146 valence electrons. The van der Waals surface area contributed by atoms with Gasteiger partial charge in [0.05, 0.1) is 6.61 Å². The minimum Gasteiger partial charge on any atom is -0.449 e. The Hall–Kier alpha value is -1.26. The fourth-order valence-corrected chi connectivity index (χ4v) is 6.47. The summed E-state index contributed by atoms with van der Waals surface area (Å²) < 4.78 is 5.29. The van der Waals surface area contributed by atoms with Crippen LogP contribution in [0.3, 0.4) is 0 Å². The lowest BCUT2D eigenvalue weighted by molar-refractivity contribution is -0.141. The predicted octanol–water partition coefficient (Wildman–Crippen LogP) is 3.67. The highest BCUT2D eigenvalue weighted by Gasteiger charge is 2.51. The highest BCUT2D eigenvalue weighted by atomic mass is 16.6. The second-order valence-corrected chi connectivity index (χ2v) is 9.43. The first kappa shape index (κ1) is 18.1. The lowest BCUT2D eigenvalue weighted by Gasteiger charge is -2.57. The molecule has 0 radical (unpaired) electrons. The lowest BCUT2D eigenvalue weighted by atomic mass is 9.49. The van der Waals surface area contributed by atoms with Crippen LogP contribution in [0.1, 0.15) is 64.7 Å². The van der Waals surface area contributed by atoms with Crippen LogP contribution in [0, 0.1) is 23.2 Å². The number of hydrogen-bond donors (Lipinski definition) is 0. The normalized spacial score (nSPS) is 35.7. The molecule has 0 aromatic carbocycles. The molecule has 4 aliphatic carbocycles. The Morgan fingerprint density at radius 1 is 0.923 bits per heavy atom. The van der Waals surface area contributed by atoms with E-state index in [-0.39, 0.29) is 6.09 Å². The Morgan fingerprint density at radius 3 is 2.00 bits per heavy atom. The molecule has 0 unspecified atom stereocenters. The van der Waals surface area contributed by atoms with Gasteiger partial charge >= 0.3 is 6.09 Å². The molecule has 0 aromatic rings. The number of hydrogen-bond acceptors (Lipinski definition) is 3. The summed E-state index contributed by atoms with van der Waals surface area (Å²) in [6.07, 6.45) is 10.6. The topological polar surface area (TPSA) is 49.9 Å². The van der Waals surface area contributed by atoms with Gasteiger partial charge < -0.3 is 14.5 Å². The van der Waals surface area contributed by atoms with Gasteiger partial charge in [-0.2, -0.15) is 0 Å². The number of unbranched alkanes of at least 4 members (excludes halogenated alkanes) is 1. The molecule has 26 heavy (non-hydrogen) atoms. The van der Waals surface area contributed by atoms with Crippen LogP contribution in [-0.2, 0) is 9.53 Å². The molecule has 1 heterocycles. The molecule has 1 saturated heterocycles. The number of carbonyl (C=O) groups excluding carboxylic acids is 2. The molecular weight excluding hydrogens is 328 g/mol. The smallest absolute Gasteiger partial charge is 0.409 e. The number of piperazine rings is 1. The third kappa shape index (κ3) is 3.72. The number of nitrogens with zero attached hydrogens (tertiary/aromatic N) is 2. The summed E-state index contributed by atoms with van der Waals surface area (Å²) in [5.74, 6) is 3.00. The van der Waals surface area contributed by atoms with Crippen molar-refractivity contribution < 1.29 is 14.3 Å². The van der Waals surface area contributed by atoms with Crippen LogP contribution >= 0.6 is 0 Å². The van der Waals surface area contributed by atoms with E-state index in [9.17, 15) is 9.59 Å². The van der Waals surface area contributed by atoms with Gasteiger partial charge in [-0.1, -0.05) is 13.3 Å². The van der Waals surface area contributed by atoms with Crippen LogP contribution in [0.15, 0.2) is 0 Å². The fraction of sp³-hybridized carbons (Fsp3) is 0.905. The second kappa shape index (κ2) is 7.40. The van der Waals surface area contributed by atoms with E-state index in [4.69, 9.17) is 4.74 Å². The number of ether oxygens (including phenoxy) is 1. The quantitative estimate of drug-likeness (QED) is 0.701. The third-order valence-electron chi connectivity index (χ3n) is 7.31. The second-order valence-electron chi connectivity index (χ2n) is 9.43. The monoisotopic (exact) mass is 362 g/mol. The molecule has 2 amide bonds. The number of rotatable bonds is 5. The van der Waals surface area contributed by atoms with E-state index in [0.717, 1.165) is 37.0 Å². The Kier molecular flexibility index (Phi) is 5.15. The molecule has 1 aliphatic heterocycles. The van der Waals surface area contributed by atoms with E-state index in [1.165, 1.54) is 38.5 Å². The molecule has 4 saturated carbocycles. The van der Waals surface area contributed by atoms with Gasteiger partial charge in [0.25, 0.3) is 0 Å². The van der Waals surface area contributed by atoms with E-state index < -0.39 is 0 Å². The predicted molar refractivity (Wildman–Crippen MR) is 99.6 cm³/mol. The Morgan fingerprint density at radius 2 is 1.46 bits per heavy atom. The first-order valence-electron chi connectivity index (χ1n) is 10.8. The van der Waals surface area contributed by atoms with Gasteiger partial charge in [-0.05, 0) is 68.1 Å². The minimum atomic E-state index is -0.216. The van der Waals surface area contributed by atoms with Gasteiger partial charge in [-0.25, -0.2) is 4.79 Å². The number of amides is 2. The highest BCUT2D eigenvalue weighted by molar-refractivity contribution is 5.77. The standard InChI is InChI=1S/C21H34N2O3/c1-2-3-8-26-20(25)23-6-4-22(5-7-23)19(24)15-21-12-16-9-17(13-21)11-18(10-16)14-21/h16-18H,2-15H2,1H3. The largest absolute Gasteiger partial charge is 0.449 e. The molecule has 0 aromatic heterocycles. The molecule has 5 heteroatoms. The molecule has 5 aliphatic rings. The molecular formula is C21H34N2O3.